The van der Waals surface area contributed by atoms with Gasteiger partial charge in [0.15, 0.2) is 16.6 Å². The van der Waals surface area contributed by atoms with Gasteiger partial charge in [0.1, 0.15) is 10.3 Å². The number of fused-ring (bicyclic) bond motifs is 1. The molecule has 2 N–H and O–H groups in total. The summed E-state index contributed by atoms with van der Waals surface area (Å²) in [4.78, 5) is 33.6. The second kappa shape index (κ2) is 10.0. The number of carbonyl (C=O) groups excluding carboxylic acids is 2. The zero-order chi connectivity index (χ0) is 25.9. The number of benzene rings is 2. The van der Waals surface area contributed by atoms with Gasteiger partial charge in [-0.25, -0.2) is 9.97 Å². The Morgan fingerprint density at radius 1 is 1.03 bits per heavy atom. The van der Waals surface area contributed by atoms with Gasteiger partial charge in [0.05, 0.1) is 18.6 Å². The van der Waals surface area contributed by atoms with Gasteiger partial charge >= 0.3 is 0 Å². The van der Waals surface area contributed by atoms with Crippen molar-refractivity contribution in [2.24, 2.45) is 0 Å². The first-order chi connectivity index (χ1) is 17.2. The van der Waals surface area contributed by atoms with Crippen LogP contribution >= 0.6 is 11.3 Å². The molecule has 36 heavy (non-hydrogen) atoms. The summed E-state index contributed by atoms with van der Waals surface area (Å²) in [6.07, 6.45) is 0. The van der Waals surface area contributed by atoms with Crippen LogP contribution in [0, 0.1) is 11.3 Å². The van der Waals surface area contributed by atoms with Crippen molar-refractivity contribution in [1.29, 1.82) is 5.26 Å². The molecule has 182 valence electrons. The second-order valence-corrected chi connectivity index (χ2v) is 9.39. The summed E-state index contributed by atoms with van der Waals surface area (Å²) in [6, 6.07) is 17.7. The Labute approximate surface area is 211 Å². The van der Waals surface area contributed by atoms with Gasteiger partial charge in [0, 0.05) is 30.3 Å². The predicted molar refractivity (Wildman–Crippen MR) is 138 cm³/mol. The molecule has 0 radical (unpaired) electrons. The highest BCUT2D eigenvalue weighted by atomic mass is 32.1. The molecule has 0 spiro atoms. The van der Waals surface area contributed by atoms with Gasteiger partial charge in [-0.1, -0.05) is 23.5 Å². The number of nitrogens with zero attached hydrogens (tertiary/aromatic N) is 3. The second-order valence-electron chi connectivity index (χ2n) is 8.41. The van der Waals surface area contributed by atoms with Crippen LogP contribution in [0.2, 0.25) is 0 Å². The molecule has 0 fully saturated rings. The highest BCUT2D eigenvalue weighted by Crippen LogP contribution is 2.35. The topological polar surface area (TPSA) is 126 Å². The van der Waals surface area contributed by atoms with E-state index in [1.165, 1.54) is 25.4 Å². The first-order valence-electron chi connectivity index (χ1n) is 10.9. The SMILES string of the molecule is COc1ccc(NC(=O)c2cccc(C(C)(C)C#N)c2)cc1Oc1ccc2nc(NC(C)=O)sc2n1. The van der Waals surface area contributed by atoms with Gasteiger partial charge in [-0.2, -0.15) is 5.26 Å². The number of nitrogens with one attached hydrogen (secondary N) is 2. The molecule has 2 heterocycles. The molecule has 0 aliphatic rings. The van der Waals surface area contributed by atoms with Crippen LogP contribution in [0.4, 0.5) is 10.8 Å². The molecular weight excluding hydrogens is 478 g/mol. The van der Waals surface area contributed by atoms with E-state index < -0.39 is 5.41 Å². The first-order valence-corrected chi connectivity index (χ1v) is 11.7. The molecule has 0 saturated heterocycles. The summed E-state index contributed by atoms with van der Waals surface area (Å²) < 4.78 is 11.4. The Kier molecular flexibility index (Phi) is 6.85. The Balaban J connectivity index is 1.56. The van der Waals surface area contributed by atoms with Crippen molar-refractivity contribution in [1.82, 2.24) is 9.97 Å². The van der Waals surface area contributed by atoms with Crippen molar-refractivity contribution in [3.05, 3.63) is 65.7 Å². The van der Waals surface area contributed by atoms with Crippen molar-refractivity contribution in [3.63, 3.8) is 0 Å². The van der Waals surface area contributed by atoms with Crippen LogP contribution in [0.25, 0.3) is 10.3 Å². The zero-order valence-electron chi connectivity index (χ0n) is 20.1. The van der Waals surface area contributed by atoms with Crippen molar-refractivity contribution in [2.75, 3.05) is 17.7 Å². The molecule has 0 aliphatic heterocycles. The van der Waals surface area contributed by atoms with E-state index in [1.54, 1.807) is 62.4 Å². The van der Waals surface area contributed by atoms with Crippen LogP contribution in [0.15, 0.2) is 54.6 Å². The summed E-state index contributed by atoms with van der Waals surface area (Å²) in [5, 5.41) is 15.4. The van der Waals surface area contributed by atoms with E-state index in [9.17, 15) is 14.9 Å². The summed E-state index contributed by atoms with van der Waals surface area (Å²) in [7, 11) is 1.52. The third-order valence-electron chi connectivity index (χ3n) is 5.27. The Morgan fingerprint density at radius 3 is 2.56 bits per heavy atom. The number of anilines is 2. The van der Waals surface area contributed by atoms with Crippen molar-refractivity contribution in [2.45, 2.75) is 26.2 Å². The minimum atomic E-state index is -0.716. The van der Waals surface area contributed by atoms with Crippen LogP contribution in [-0.2, 0) is 10.2 Å². The maximum Gasteiger partial charge on any atom is 0.255 e. The summed E-state index contributed by atoms with van der Waals surface area (Å²) in [5.41, 5.74) is 1.59. The van der Waals surface area contributed by atoms with E-state index in [-0.39, 0.29) is 11.8 Å². The fourth-order valence-electron chi connectivity index (χ4n) is 3.32. The molecule has 0 atom stereocenters. The third kappa shape index (κ3) is 5.42. The Hall–Kier alpha value is -4.49. The van der Waals surface area contributed by atoms with E-state index in [0.717, 1.165) is 5.56 Å². The number of aromatic nitrogens is 2. The molecule has 2 aromatic heterocycles. The van der Waals surface area contributed by atoms with Crippen LogP contribution in [0.3, 0.4) is 0 Å². The quantitative estimate of drug-likeness (QED) is 0.342. The molecule has 9 nitrogen and oxygen atoms in total. The van der Waals surface area contributed by atoms with Crippen LogP contribution in [0.1, 0.15) is 36.7 Å². The van der Waals surface area contributed by atoms with Crippen LogP contribution in [0.5, 0.6) is 17.4 Å². The maximum atomic E-state index is 12.9. The molecule has 4 rings (SSSR count). The molecule has 0 saturated carbocycles. The van der Waals surface area contributed by atoms with Gasteiger partial charge < -0.3 is 20.1 Å². The Bertz CT molecular complexity index is 1510. The first kappa shape index (κ1) is 24.6. The van der Waals surface area contributed by atoms with Crippen molar-refractivity contribution in [3.8, 4) is 23.4 Å². The minimum absolute atomic E-state index is 0.213. The summed E-state index contributed by atoms with van der Waals surface area (Å²) in [6.45, 7) is 5.01. The molecule has 2 aromatic carbocycles. The number of amides is 2. The largest absolute Gasteiger partial charge is 0.493 e. The van der Waals surface area contributed by atoms with Gasteiger partial charge in [-0.05, 0) is 49.7 Å². The number of ether oxygens (including phenoxy) is 2. The fourth-order valence-corrected chi connectivity index (χ4v) is 4.20. The zero-order valence-corrected chi connectivity index (χ0v) is 20.9. The molecular formula is C26H23N5O4S. The highest BCUT2D eigenvalue weighted by Gasteiger charge is 2.21. The molecule has 2 amide bonds. The predicted octanol–water partition coefficient (Wildman–Crippen LogP) is 5.50. The molecule has 4 aromatic rings. The van der Waals surface area contributed by atoms with E-state index in [4.69, 9.17) is 9.47 Å². The van der Waals surface area contributed by atoms with Gasteiger partial charge in [-0.15, -0.1) is 0 Å². The fraction of sp³-hybridized carbons (Fsp3) is 0.192. The van der Waals surface area contributed by atoms with E-state index in [2.05, 4.69) is 26.7 Å². The smallest absolute Gasteiger partial charge is 0.255 e. The van der Waals surface area contributed by atoms with Gasteiger partial charge in [0.2, 0.25) is 11.8 Å². The average Bonchev–Trinajstić information content (AvgIpc) is 3.25. The van der Waals surface area contributed by atoms with Crippen molar-refractivity contribution < 1.29 is 19.1 Å². The third-order valence-corrected chi connectivity index (χ3v) is 6.16. The van der Waals surface area contributed by atoms with Gasteiger partial charge in [-0.3, -0.25) is 9.59 Å². The average molecular weight is 502 g/mol. The Morgan fingerprint density at radius 2 is 1.83 bits per heavy atom. The number of thiazole rings is 1. The summed E-state index contributed by atoms with van der Waals surface area (Å²) in [5.74, 6) is 0.573. The lowest BCUT2D eigenvalue weighted by Crippen LogP contribution is -2.17. The molecule has 0 aliphatic carbocycles. The number of carbonyl (C=O) groups is 2. The number of nitriles is 1. The lowest BCUT2D eigenvalue weighted by Gasteiger charge is -2.17. The maximum absolute atomic E-state index is 12.9. The van der Waals surface area contributed by atoms with E-state index >= 15 is 0 Å². The van der Waals surface area contributed by atoms with Crippen LogP contribution in [-0.4, -0.2) is 28.9 Å². The standard InChI is InChI=1S/C26H23N5O4S/c1-15(32)28-25-30-19-9-11-22(31-24(19)36-25)35-21-13-18(8-10-20(21)34-4)29-23(33)16-6-5-7-17(12-16)26(2,3)14-27/h5-13H,1-4H3,(H,29,33)(H,28,30,32). The monoisotopic (exact) mass is 501 g/mol. The molecule has 0 bridgehead atoms. The van der Waals surface area contributed by atoms with E-state index in [1.807, 2.05) is 6.07 Å². The minimum Gasteiger partial charge on any atom is -0.493 e. The number of methoxy groups -OCH3 is 1. The van der Waals surface area contributed by atoms with E-state index in [0.29, 0.717) is 44.1 Å². The molecule has 10 heteroatoms. The number of pyridine rings is 1. The highest BCUT2D eigenvalue weighted by molar-refractivity contribution is 7.21. The van der Waals surface area contributed by atoms with Gasteiger partial charge in [0.25, 0.3) is 5.91 Å². The van der Waals surface area contributed by atoms with Crippen molar-refractivity contribution >= 4 is 44.3 Å². The summed E-state index contributed by atoms with van der Waals surface area (Å²) >= 11 is 1.23. The number of hydrogen-bond acceptors (Lipinski definition) is 8. The normalized spacial score (nSPS) is 11.0. The lowest BCUT2D eigenvalue weighted by atomic mass is 9.85. The number of rotatable bonds is 7. The van der Waals surface area contributed by atoms with Crippen LogP contribution < -0.4 is 20.1 Å². The number of hydrogen-bond donors (Lipinski definition) is 2. The molecule has 0 unspecified atom stereocenters. The lowest BCUT2D eigenvalue weighted by molar-refractivity contribution is -0.114.